The highest BCUT2D eigenvalue weighted by Crippen LogP contribution is 2.27. The van der Waals surface area contributed by atoms with Gasteiger partial charge < -0.3 is 9.64 Å². The lowest BCUT2D eigenvalue weighted by Gasteiger charge is -2.35. The Labute approximate surface area is 131 Å². The predicted octanol–water partition coefficient (Wildman–Crippen LogP) is 1.20. The molecule has 0 spiro atoms. The fraction of sp³-hybridized carbons (Fsp3) is 0.333. The van der Waals surface area contributed by atoms with Gasteiger partial charge in [0.05, 0.1) is 31.1 Å². The number of carbonyl (C=O) groups is 1. The Morgan fingerprint density at radius 3 is 3.04 bits per heavy atom. The quantitative estimate of drug-likeness (QED) is 0.740. The highest BCUT2D eigenvalue weighted by atomic mass is 16.5. The van der Waals surface area contributed by atoms with E-state index in [9.17, 15) is 4.79 Å². The van der Waals surface area contributed by atoms with Gasteiger partial charge in [-0.3, -0.25) is 9.89 Å². The summed E-state index contributed by atoms with van der Waals surface area (Å²) in [6.45, 7) is 3.50. The van der Waals surface area contributed by atoms with E-state index in [0.717, 1.165) is 16.8 Å². The summed E-state index contributed by atoms with van der Waals surface area (Å²) in [6, 6.07) is 5.17. The minimum Gasteiger partial charge on any atom is -0.377 e. The molecular weight excluding hydrogens is 296 g/mol. The third kappa shape index (κ3) is 2.36. The van der Waals surface area contributed by atoms with Gasteiger partial charge in [-0.05, 0) is 30.7 Å². The lowest BCUT2D eigenvalue weighted by Crippen LogP contribution is -2.43. The van der Waals surface area contributed by atoms with Gasteiger partial charge in [0.25, 0.3) is 5.91 Å². The van der Waals surface area contributed by atoms with Crippen LogP contribution in [0, 0.1) is 6.92 Å². The third-order valence-corrected chi connectivity index (χ3v) is 4.15. The number of nitrogens with one attached hydrogen (secondary N) is 2. The van der Waals surface area contributed by atoms with E-state index in [4.69, 9.17) is 4.74 Å². The van der Waals surface area contributed by atoms with Gasteiger partial charge in [-0.25, -0.2) is 0 Å². The first-order valence-electron chi connectivity index (χ1n) is 7.43. The van der Waals surface area contributed by atoms with Crippen LogP contribution in [0.15, 0.2) is 24.4 Å². The second-order valence-electron chi connectivity index (χ2n) is 5.58. The smallest absolute Gasteiger partial charge is 0.254 e. The summed E-state index contributed by atoms with van der Waals surface area (Å²) in [5, 5.41) is 17.7. The number of hydrogen-bond acceptors (Lipinski definition) is 5. The SMILES string of the molecule is Cc1cn[nH]c1C1COCCN1C(=O)c1ccc2n[nH]nc2c1. The van der Waals surface area contributed by atoms with Crippen molar-refractivity contribution in [3.63, 3.8) is 0 Å². The van der Waals surface area contributed by atoms with E-state index in [1.54, 1.807) is 24.4 Å². The molecule has 1 unspecified atom stereocenters. The van der Waals surface area contributed by atoms with Crippen LogP contribution in [-0.2, 0) is 4.74 Å². The highest BCUT2D eigenvalue weighted by Gasteiger charge is 2.31. The zero-order valence-corrected chi connectivity index (χ0v) is 12.6. The molecule has 1 saturated heterocycles. The largest absolute Gasteiger partial charge is 0.377 e. The lowest BCUT2D eigenvalue weighted by molar-refractivity contribution is -0.00406. The summed E-state index contributed by atoms with van der Waals surface area (Å²) >= 11 is 0. The molecule has 3 heterocycles. The number of fused-ring (bicyclic) bond motifs is 1. The number of H-pyrrole nitrogens is 2. The minimum absolute atomic E-state index is 0.0443. The van der Waals surface area contributed by atoms with Crippen LogP contribution < -0.4 is 0 Å². The van der Waals surface area contributed by atoms with E-state index in [2.05, 4.69) is 25.6 Å². The van der Waals surface area contributed by atoms with Crippen LogP contribution >= 0.6 is 0 Å². The molecule has 1 fully saturated rings. The Bertz CT molecular complexity index is 854. The van der Waals surface area contributed by atoms with Crippen molar-refractivity contribution in [3.05, 3.63) is 41.2 Å². The molecule has 1 atom stereocenters. The van der Waals surface area contributed by atoms with Crippen molar-refractivity contribution in [1.29, 1.82) is 0 Å². The Kier molecular flexibility index (Phi) is 3.30. The predicted molar refractivity (Wildman–Crippen MR) is 81.8 cm³/mol. The molecule has 118 valence electrons. The van der Waals surface area contributed by atoms with E-state index < -0.39 is 0 Å². The zero-order chi connectivity index (χ0) is 15.8. The van der Waals surface area contributed by atoms with Gasteiger partial charge in [0, 0.05) is 12.1 Å². The first kappa shape index (κ1) is 13.9. The van der Waals surface area contributed by atoms with Gasteiger partial charge in [0.2, 0.25) is 0 Å². The lowest BCUT2D eigenvalue weighted by atomic mass is 10.1. The van der Waals surface area contributed by atoms with E-state index in [1.807, 2.05) is 11.8 Å². The number of amides is 1. The molecule has 1 aliphatic rings. The van der Waals surface area contributed by atoms with Crippen molar-refractivity contribution in [2.24, 2.45) is 0 Å². The van der Waals surface area contributed by atoms with Crippen LogP contribution in [0.25, 0.3) is 11.0 Å². The van der Waals surface area contributed by atoms with Crippen molar-refractivity contribution >= 4 is 16.9 Å². The number of carbonyl (C=O) groups excluding carboxylic acids is 1. The van der Waals surface area contributed by atoms with E-state index >= 15 is 0 Å². The van der Waals surface area contributed by atoms with E-state index in [-0.39, 0.29) is 11.9 Å². The van der Waals surface area contributed by atoms with Crippen molar-refractivity contribution in [1.82, 2.24) is 30.5 Å². The maximum atomic E-state index is 13.0. The topological polar surface area (TPSA) is 99.8 Å². The number of benzene rings is 1. The number of morpholine rings is 1. The van der Waals surface area contributed by atoms with Gasteiger partial charge in [-0.2, -0.15) is 20.5 Å². The standard InChI is InChI=1S/C15H16N6O2/c1-9-7-16-19-14(9)13-8-23-5-4-21(13)15(22)10-2-3-11-12(6-10)18-20-17-11/h2-3,6-7,13H,4-5,8H2,1H3,(H,16,19)(H,17,18,20). The summed E-state index contributed by atoms with van der Waals surface area (Å²) in [6.07, 6.45) is 1.76. The monoisotopic (exact) mass is 312 g/mol. The molecular formula is C15H16N6O2. The Hall–Kier alpha value is -2.74. The first-order chi connectivity index (χ1) is 11.2. The fourth-order valence-electron chi connectivity index (χ4n) is 2.92. The van der Waals surface area contributed by atoms with Crippen molar-refractivity contribution < 1.29 is 9.53 Å². The summed E-state index contributed by atoms with van der Waals surface area (Å²) in [5.41, 5.74) is 3.95. The molecule has 0 saturated carbocycles. The van der Waals surface area contributed by atoms with Gasteiger partial charge in [0.1, 0.15) is 11.0 Å². The number of ether oxygens (including phenoxy) is 1. The molecule has 0 bridgehead atoms. The third-order valence-electron chi connectivity index (χ3n) is 4.15. The normalized spacial score (nSPS) is 18.5. The number of rotatable bonds is 2. The molecule has 8 heteroatoms. The van der Waals surface area contributed by atoms with Crippen LogP contribution in [-0.4, -0.2) is 56.2 Å². The van der Waals surface area contributed by atoms with Crippen LogP contribution in [0.3, 0.4) is 0 Å². The maximum absolute atomic E-state index is 13.0. The maximum Gasteiger partial charge on any atom is 0.254 e. The zero-order valence-electron chi connectivity index (χ0n) is 12.6. The molecule has 2 aromatic heterocycles. The number of aromatic amines is 2. The van der Waals surface area contributed by atoms with Gasteiger partial charge in [0.15, 0.2) is 0 Å². The molecule has 3 aromatic rings. The minimum atomic E-state index is -0.160. The van der Waals surface area contributed by atoms with Gasteiger partial charge in [-0.15, -0.1) is 0 Å². The second-order valence-corrected chi connectivity index (χ2v) is 5.58. The average Bonchev–Trinajstić information content (AvgIpc) is 3.22. The fourth-order valence-corrected chi connectivity index (χ4v) is 2.92. The van der Waals surface area contributed by atoms with Crippen LogP contribution in [0.1, 0.15) is 27.7 Å². The molecule has 23 heavy (non-hydrogen) atoms. The molecule has 4 rings (SSSR count). The summed E-state index contributed by atoms with van der Waals surface area (Å²) in [7, 11) is 0. The number of hydrogen-bond donors (Lipinski definition) is 2. The molecule has 1 aliphatic heterocycles. The highest BCUT2D eigenvalue weighted by molar-refractivity contribution is 5.97. The second kappa shape index (κ2) is 5.47. The van der Waals surface area contributed by atoms with Crippen LogP contribution in [0.5, 0.6) is 0 Å². The van der Waals surface area contributed by atoms with Crippen molar-refractivity contribution in [2.75, 3.05) is 19.8 Å². The molecule has 1 amide bonds. The first-order valence-corrected chi connectivity index (χ1v) is 7.43. The summed E-state index contributed by atoms with van der Waals surface area (Å²) < 4.78 is 5.57. The van der Waals surface area contributed by atoms with Gasteiger partial charge in [-0.1, -0.05) is 0 Å². The molecule has 1 aromatic carbocycles. The summed E-state index contributed by atoms with van der Waals surface area (Å²) in [4.78, 5) is 14.8. The molecule has 0 radical (unpaired) electrons. The van der Waals surface area contributed by atoms with E-state index in [0.29, 0.717) is 30.8 Å². The van der Waals surface area contributed by atoms with Crippen molar-refractivity contribution in [3.8, 4) is 0 Å². The summed E-state index contributed by atoms with van der Waals surface area (Å²) in [5.74, 6) is -0.0443. The van der Waals surface area contributed by atoms with Crippen LogP contribution in [0.2, 0.25) is 0 Å². The molecule has 0 aliphatic carbocycles. The average molecular weight is 312 g/mol. The Morgan fingerprint density at radius 2 is 2.22 bits per heavy atom. The van der Waals surface area contributed by atoms with Crippen molar-refractivity contribution in [2.45, 2.75) is 13.0 Å². The Morgan fingerprint density at radius 1 is 1.35 bits per heavy atom. The van der Waals surface area contributed by atoms with Gasteiger partial charge >= 0.3 is 0 Å². The molecule has 8 nitrogen and oxygen atoms in total. The molecule has 2 N–H and O–H groups in total. The van der Waals surface area contributed by atoms with E-state index in [1.165, 1.54) is 0 Å². The van der Waals surface area contributed by atoms with Crippen LogP contribution in [0.4, 0.5) is 0 Å². The number of aromatic nitrogens is 5. The number of aryl methyl sites for hydroxylation is 1. The number of nitrogens with zero attached hydrogens (tertiary/aromatic N) is 4. The Balaban J connectivity index is 1.68.